The summed E-state index contributed by atoms with van der Waals surface area (Å²) in [6.07, 6.45) is 2.55. The highest BCUT2D eigenvalue weighted by molar-refractivity contribution is 5.94. The smallest absolute Gasteiger partial charge is 0.408 e. The minimum absolute atomic E-state index is 0.118. The molecule has 3 heterocycles. The number of amides is 1. The lowest BCUT2D eigenvalue weighted by Gasteiger charge is -2.26. The van der Waals surface area contributed by atoms with Crippen LogP contribution in [0.3, 0.4) is 0 Å². The number of aromatic nitrogens is 4. The fourth-order valence-corrected chi connectivity index (χ4v) is 3.23. The molecular weight excluding hydrogens is 336 g/mol. The van der Waals surface area contributed by atoms with Gasteiger partial charge in [-0.15, -0.1) is 10.2 Å². The van der Waals surface area contributed by atoms with Crippen LogP contribution in [0.5, 0.6) is 0 Å². The number of oxazole rings is 1. The van der Waals surface area contributed by atoms with Crippen molar-refractivity contribution >= 4 is 22.7 Å². The third kappa shape index (κ3) is 3.13. The Bertz CT molecular complexity index is 1000. The summed E-state index contributed by atoms with van der Waals surface area (Å²) in [6, 6.07) is 5.27. The number of nitrogens with zero attached hydrogens (tertiary/aromatic N) is 5. The number of benzene rings is 1. The maximum atomic E-state index is 12.3. The number of hydrogen-bond donors (Lipinski definition) is 1. The van der Waals surface area contributed by atoms with E-state index >= 15 is 0 Å². The molecule has 9 heteroatoms. The van der Waals surface area contributed by atoms with E-state index in [0.717, 1.165) is 30.9 Å². The van der Waals surface area contributed by atoms with E-state index in [2.05, 4.69) is 15.5 Å². The third-order valence-corrected chi connectivity index (χ3v) is 4.48. The van der Waals surface area contributed by atoms with Crippen LogP contribution >= 0.6 is 0 Å². The number of carbonyl (C=O) groups is 1. The molecule has 0 atom stereocenters. The van der Waals surface area contributed by atoms with Gasteiger partial charge in [0.2, 0.25) is 5.91 Å². The maximum Gasteiger partial charge on any atom is 0.419 e. The Morgan fingerprint density at radius 3 is 3.08 bits per heavy atom. The van der Waals surface area contributed by atoms with E-state index in [9.17, 15) is 9.59 Å². The van der Waals surface area contributed by atoms with E-state index in [1.165, 1.54) is 0 Å². The van der Waals surface area contributed by atoms with Crippen LogP contribution in [0.2, 0.25) is 0 Å². The van der Waals surface area contributed by atoms with Gasteiger partial charge in [0.1, 0.15) is 12.2 Å². The Balaban J connectivity index is 1.44. The number of hydrogen-bond acceptors (Lipinski definition) is 6. The number of rotatable bonds is 5. The molecule has 2 aromatic heterocycles. The van der Waals surface area contributed by atoms with E-state index in [4.69, 9.17) is 4.42 Å². The van der Waals surface area contributed by atoms with Gasteiger partial charge in [0, 0.05) is 31.4 Å². The largest absolute Gasteiger partial charge is 0.419 e. The topological polar surface area (TPSA) is 98.2 Å². The molecule has 3 aromatic rings. The summed E-state index contributed by atoms with van der Waals surface area (Å²) >= 11 is 0. The van der Waals surface area contributed by atoms with Gasteiger partial charge in [0.05, 0.1) is 18.6 Å². The van der Waals surface area contributed by atoms with Crippen LogP contribution in [0.15, 0.2) is 33.7 Å². The molecule has 0 unspecified atom stereocenters. The summed E-state index contributed by atoms with van der Waals surface area (Å²) in [7, 11) is 0. The van der Waals surface area contributed by atoms with E-state index < -0.39 is 0 Å². The molecule has 1 amide bonds. The second kappa shape index (κ2) is 6.75. The van der Waals surface area contributed by atoms with Crippen LogP contribution in [0.25, 0.3) is 11.1 Å². The van der Waals surface area contributed by atoms with Gasteiger partial charge < -0.3 is 14.3 Å². The van der Waals surface area contributed by atoms with Crippen LogP contribution in [0.4, 0.5) is 5.69 Å². The van der Waals surface area contributed by atoms with Crippen molar-refractivity contribution in [2.24, 2.45) is 0 Å². The molecule has 0 fully saturated rings. The van der Waals surface area contributed by atoms with Crippen LogP contribution in [-0.4, -0.2) is 43.2 Å². The second-order valence-corrected chi connectivity index (χ2v) is 6.40. The molecule has 0 bridgehead atoms. The van der Waals surface area contributed by atoms with E-state index in [0.29, 0.717) is 24.4 Å². The van der Waals surface area contributed by atoms with Crippen molar-refractivity contribution in [1.82, 2.24) is 24.2 Å². The van der Waals surface area contributed by atoms with Gasteiger partial charge in [-0.2, -0.15) is 0 Å². The van der Waals surface area contributed by atoms with Gasteiger partial charge in [0.15, 0.2) is 5.58 Å². The molecule has 1 aliphatic heterocycles. The minimum atomic E-state index is -0.372. The van der Waals surface area contributed by atoms with E-state index in [1.54, 1.807) is 29.1 Å². The molecule has 4 rings (SSSR count). The predicted molar refractivity (Wildman–Crippen MR) is 94.7 cm³/mol. The highest BCUT2D eigenvalue weighted by atomic mass is 16.4. The van der Waals surface area contributed by atoms with Gasteiger partial charge in [-0.05, 0) is 18.6 Å². The SMILES string of the molecule is CCCn1c(=O)oc2cc(NC(=O)CN3CCn4cnnc4C3)ccc21. The fourth-order valence-electron chi connectivity index (χ4n) is 3.23. The second-order valence-electron chi connectivity index (χ2n) is 6.40. The first-order valence-electron chi connectivity index (χ1n) is 8.66. The van der Waals surface area contributed by atoms with Crippen LogP contribution in [-0.2, 0) is 24.4 Å². The Labute approximate surface area is 149 Å². The monoisotopic (exact) mass is 356 g/mol. The fraction of sp³-hybridized carbons (Fsp3) is 0.412. The molecule has 0 aliphatic carbocycles. The van der Waals surface area contributed by atoms with Gasteiger partial charge in [-0.25, -0.2) is 4.79 Å². The first-order valence-corrected chi connectivity index (χ1v) is 8.66. The number of aryl methyl sites for hydroxylation is 1. The third-order valence-electron chi connectivity index (χ3n) is 4.48. The van der Waals surface area contributed by atoms with Crippen molar-refractivity contribution in [2.75, 3.05) is 18.4 Å². The molecule has 1 aliphatic rings. The van der Waals surface area contributed by atoms with Crippen molar-refractivity contribution < 1.29 is 9.21 Å². The molecule has 1 N–H and O–H groups in total. The lowest BCUT2D eigenvalue weighted by Crippen LogP contribution is -2.39. The van der Waals surface area contributed by atoms with E-state index in [1.807, 2.05) is 16.4 Å². The molecular formula is C17H20N6O3. The zero-order valence-corrected chi connectivity index (χ0v) is 14.5. The van der Waals surface area contributed by atoms with E-state index in [-0.39, 0.29) is 18.2 Å². The predicted octanol–water partition coefficient (Wildman–Crippen LogP) is 1.05. The zero-order valence-electron chi connectivity index (χ0n) is 14.5. The molecule has 0 radical (unpaired) electrons. The maximum absolute atomic E-state index is 12.3. The minimum Gasteiger partial charge on any atom is -0.408 e. The molecule has 136 valence electrons. The van der Waals surface area contributed by atoms with Crippen LogP contribution < -0.4 is 11.1 Å². The summed E-state index contributed by atoms with van der Waals surface area (Å²) in [4.78, 5) is 26.3. The Morgan fingerprint density at radius 2 is 2.23 bits per heavy atom. The van der Waals surface area contributed by atoms with Gasteiger partial charge in [0.25, 0.3) is 0 Å². The molecule has 9 nitrogen and oxygen atoms in total. The summed E-state index contributed by atoms with van der Waals surface area (Å²) in [5.41, 5.74) is 1.83. The number of carbonyl (C=O) groups excluding carboxylic acids is 1. The Morgan fingerprint density at radius 1 is 1.35 bits per heavy atom. The molecule has 0 saturated heterocycles. The Hall–Kier alpha value is -2.94. The molecule has 26 heavy (non-hydrogen) atoms. The van der Waals surface area contributed by atoms with Crippen molar-refractivity contribution in [2.45, 2.75) is 33.0 Å². The number of nitrogens with one attached hydrogen (secondary N) is 1. The molecule has 0 saturated carbocycles. The highest BCUT2D eigenvalue weighted by Crippen LogP contribution is 2.19. The first-order chi connectivity index (χ1) is 12.6. The number of anilines is 1. The van der Waals surface area contributed by atoms with Gasteiger partial charge >= 0.3 is 5.76 Å². The Kier molecular flexibility index (Phi) is 4.29. The normalized spacial score (nSPS) is 14.5. The molecule has 0 spiro atoms. The van der Waals surface area contributed by atoms with Gasteiger partial charge in [-0.1, -0.05) is 6.92 Å². The van der Waals surface area contributed by atoms with Crippen molar-refractivity contribution in [3.63, 3.8) is 0 Å². The van der Waals surface area contributed by atoms with Crippen LogP contribution in [0.1, 0.15) is 19.2 Å². The summed E-state index contributed by atoms with van der Waals surface area (Å²) in [5, 5.41) is 10.8. The zero-order chi connectivity index (χ0) is 18.1. The van der Waals surface area contributed by atoms with Crippen molar-refractivity contribution in [3.8, 4) is 0 Å². The molecule has 1 aromatic carbocycles. The van der Waals surface area contributed by atoms with Crippen molar-refractivity contribution in [1.29, 1.82) is 0 Å². The van der Waals surface area contributed by atoms with Crippen molar-refractivity contribution in [3.05, 3.63) is 40.9 Å². The standard InChI is InChI=1S/C17H20N6O3/c1-2-5-23-13-4-3-12(8-14(13)26-17(23)25)19-16(24)10-21-6-7-22-11-18-20-15(22)9-21/h3-4,8,11H,2,5-7,9-10H2,1H3,(H,19,24). The quantitative estimate of drug-likeness (QED) is 0.734. The highest BCUT2D eigenvalue weighted by Gasteiger charge is 2.19. The van der Waals surface area contributed by atoms with Gasteiger partial charge in [-0.3, -0.25) is 14.3 Å². The average Bonchev–Trinajstić information content (AvgIpc) is 3.19. The number of fused-ring (bicyclic) bond motifs is 2. The summed E-state index contributed by atoms with van der Waals surface area (Å²) < 4.78 is 8.88. The summed E-state index contributed by atoms with van der Waals surface area (Å²) in [5.74, 6) is 0.375. The first kappa shape index (κ1) is 16.5. The average molecular weight is 356 g/mol. The summed E-state index contributed by atoms with van der Waals surface area (Å²) in [6.45, 7) is 5.02. The lowest BCUT2D eigenvalue weighted by molar-refractivity contribution is -0.117. The lowest BCUT2D eigenvalue weighted by atomic mass is 10.2. The van der Waals surface area contributed by atoms with Crippen LogP contribution in [0, 0.1) is 0 Å².